The monoisotopic (exact) mass is 132 g/mol. The zero-order chi connectivity index (χ0) is 7.14. The Labute approximate surface area is 59.2 Å². The van der Waals surface area contributed by atoms with Gasteiger partial charge in [-0.1, -0.05) is 12.2 Å². The summed E-state index contributed by atoms with van der Waals surface area (Å²) in [4.78, 5) is 0. The Kier molecular flexibility index (Phi) is 0.822. The maximum Gasteiger partial charge on any atom is 0.0414 e. The maximum absolute atomic E-state index is 5.64. The summed E-state index contributed by atoms with van der Waals surface area (Å²) < 4.78 is 0. The Morgan fingerprint density at radius 2 is 1.80 bits per heavy atom. The fourth-order valence-electron chi connectivity index (χ4n) is 1.25. The Bertz CT molecular complexity index is 303. The summed E-state index contributed by atoms with van der Waals surface area (Å²) in [5.41, 5.74) is 15.0. The normalized spacial score (nSPS) is 21.2. The van der Waals surface area contributed by atoms with E-state index in [4.69, 9.17) is 11.5 Å². The third-order valence-corrected chi connectivity index (χ3v) is 1.75. The zero-order valence-corrected chi connectivity index (χ0v) is 5.46. The second kappa shape index (κ2) is 1.53. The fraction of sp³-hybridized carbons (Fsp3) is 0. The summed E-state index contributed by atoms with van der Waals surface area (Å²) in [7, 11) is 0. The van der Waals surface area contributed by atoms with Crippen LogP contribution in [0.3, 0.4) is 0 Å². The molecule has 0 radical (unpaired) electrons. The van der Waals surface area contributed by atoms with E-state index in [1.54, 1.807) is 0 Å². The molecule has 0 bridgehead atoms. The van der Waals surface area contributed by atoms with E-state index in [2.05, 4.69) is 0 Å². The number of rotatable bonds is 0. The van der Waals surface area contributed by atoms with Crippen LogP contribution in [-0.2, 0) is 0 Å². The summed E-state index contributed by atoms with van der Waals surface area (Å²) in [6, 6.07) is 0. The van der Waals surface area contributed by atoms with E-state index >= 15 is 0 Å². The Hall–Kier alpha value is -1.44. The van der Waals surface area contributed by atoms with Gasteiger partial charge in [-0.2, -0.15) is 0 Å². The van der Waals surface area contributed by atoms with E-state index in [1.807, 2.05) is 24.3 Å². The molecule has 2 aliphatic rings. The SMILES string of the molecule is NC1=CC=C2C=CC(N)=C12. The van der Waals surface area contributed by atoms with Crippen LogP contribution in [0.1, 0.15) is 0 Å². The zero-order valence-electron chi connectivity index (χ0n) is 5.46. The van der Waals surface area contributed by atoms with Crippen molar-refractivity contribution in [1.29, 1.82) is 0 Å². The molecule has 0 fully saturated rings. The summed E-state index contributed by atoms with van der Waals surface area (Å²) in [6.07, 6.45) is 7.70. The third-order valence-electron chi connectivity index (χ3n) is 1.75. The highest BCUT2D eigenvalue weighted by atomic mass is 14.7. The topological polar surface area (TPSA) is 52.0 Å². The summed E-state index contributed by atoms with van der Waals surface area (Å²) in [5.74, 6) is 0. The largest absolute Gasteiger partial charge is 0.398 e. The molecule has 2 aliphatic carbocycles. The second-order valence-electron chi connectivity index (χ2n) is 2.41. The van der Waals surface area contributed by atoms with Crippen LogP contribution in [-0.4, -0.2) is 0 Å². The molecule has 0 aromatic heterocycles. The van der Waals surface area contributed by atoms with Gasteiger partial charge >= 0.3 is 0 Å². The summed E-state index contributed by atoms with van der Waals surface area (Å²) in [5, 5.41) is 0. The van der Waals surface area contributed by atoms with Gasteiger partial charge in [0.05, 0.1) is 0 Å². The number of hydrogen-bond acceptors (Lipinski definition) is 2. The van der Waals surface area contributed by atoms with E-state index in [0.29, 0.717) is 0 Å². The van der Waals surface area contributed by atoms with Gasteiger partial charge in [-0.05, 0) is 17.7 Å². The molecule has 0 spiro atoms. The van der Waals surface area contributed by atoms with Crippen molar-refractivity contribution in [2.45, 2.75) is 0 Å². The van der Waals surface area contributed by atoms with E-state index in [1.165, 1.54) is 0 Å². The molecule has 4 N–H and O–H groups in total. The molecular weight excluding hydrogens is 124 g/mol. The first-order valence-electron chi connectivity index (χ1n) is 3.15. The summed E-state index contributed by atoms with van der Waals surface area (Å²) >= 11 is 0. The smallest absolute Gasteiger partial charge is 0.0414 e. The highest BCUT2D eigenvalue weighted by Gasteiger charge is 2.17. The second-order valence-corrected chi connectivity index (χ2v) is 2.41. The van der Waals surface area contributed by atoms with Gasteiger partial charge in [0.15, 0.2) is 0 Å². The number of fused-ring (bicyclic) bond motifs is 1. The molecule has 0 amide bonds. The molecule has 0 saturated heterocycles. The standard InChI is InChI=1S/C8H8N2/c9-6-3-1-5-2-4-7(10)8(5)6/h1-4H,9-10H2. The molecular formula is C8H8N2. The molecule has 2 heteroatoms. The van der Waals surface area contributed by atoms with Crippen molar-refractivity contribution >= 4 is 0 Å². The molecule has 0 aliphatic heterocycles. The first kappa shape index (κ1) is 5.35. The van der Waals surface area contributed by atoms with Crippen molar-refractivity contribution in [3.63, 3.8) is 0 Å². The van der Waals surface area contributed by atoms with E-state index < -0.39 is 0 Å². The van der Waals surface area contributed by atoms with Crippen LogP contribution in [0.5, 0.6) is 0 Å². The van der Waals surface area contributed by atoms with Crippen molar-refractivity contribution < 1.29 is 0 Å². The molecule has 0 saturated carbocycles. The van der Waals surface area contributed by atoms with E-state index in [-0.39, 0.29) is 0 Å². The molecule has 2 nitrogen and oxygen atoms in total. The van der Waals surface area contributed by atoms with Crippen LogP contribution in [0.15, 0.2) is 46.8 Å². The third kappa shape index (κ3) is 0.480. The Morgan fingerprint density at radius 1 is 1.00 bits per heavy atom. The van der Waals surface area contributed by atoms with Crippen LogP contribution in [0.25, 0.3) is 0 Å². The lowest BCUT2D eigenvalue weighted by atomic mass is 10.1. The first-order chi connectivity index (χ1) is 4.79. The molecule has 0 atom stereocenters. The lowest BCUT2D eigenvalue weighted by Crippen LogP contribution is -2.03. The average molecular weight is 132 g/mol. The van der Waals surface area contributed by atoms with Gasteiger partial charge in [-0.25, -0.2) is 0 Å². The molecule has 0 heterocycles. The van der Waals surface area contributed by atoms with Gasteiger partial charge in [-0.15, -0.1) is 0 Å². The number of hydrogen-bond donors (Lipinski definition) is 2. The maximum atomic E-state index is 5.64. The molecule has 50 valence electrons. The highest BCUT2D eigenvalue weighted by Crippen LogP contribution is 2.30. The van der Waals surface area contributed by atoms with Gasteiger partial charge in [0.25, 0.3) is 0 Å². The molecule has 0 aromatic carbocycles. The van der Waals surface area contributed by atoms with E-state index in [9.17, 15) is 0 Å². The molecule has 0 unspecified atom stereocenters. The van der Waals surface area contributed by atoms with Gasteiger partial charge in [0.2, 0.25) is 0 Å². The number of allylic oxidation sites excluding steroid dienone is 5. The van der Waals surface area contributed by atoms with Gasteiger partial charge in [-0.3, -0.25) is 0 Å². The van der Waals surface area contributed by atoms with Crippen molar-refractivity contribution in [2.75, 3.05) is 0 Å². The van der Waals surface area contributed by atoms with Crippen LogP contribution >= 0.6 is 0 Å². The molecule has 2 rings (SSSR count). The van der Waals surface area contributed by atoms with Crippen molar-refractivity contribution in [2.24, 2.45) is 11.5 Å². The van der Waals surface area contributed by atoms with Crippen LogP contribution in [0.4, 0.5) is 0 Å². The first-order valence-corrected chi connectivity index (χ1v) is 3.15. The number of nitrogens with two attached hydrogens (primary N) is 2. The van der Waals surface area contributed by atoms with Gasteiger partial charge < -0.3 is 11.5 Å². The molecule has 0 aromatic rings. The average Bonchev–Trinajstić information content (AvgIpc) is 2.40. The minimum Gasteiger partial charge on any atom is -0.398 e. The van der Waals surface area contributed by atoms with Crippen molar-refractivity contribution in [3.8, 4) is 0 Å². The van der Waals surface area contributed by atoms with Crippen LogP contribution in [0, 0.1) is 0 Å². The predicted octanol–water partition coefficient (Wildman–Crippen LogP) is 0.552. The van der Waals surface area contributed by atoms with E-state index in [0.717, 1.165) is 22.5 Å². The highest BCUT2D eigenvalue weighted by molar-refractivity contribution is 5.65. The minimum atomic E-state index is 0.775. The summed E-state index contributed by atoms with van der Waals surface area (Å²) in [6.45, 7) is 0. The van der Waals surface area contributed by atoms with Crippen molar-refractivity contribution in [1.82, 2.24) is 0 Å². The van der Waals surface area contributed by atoms with Crippen LogP contribution in [0.2, 0.25) is 0 Å². The van der Waals surface area contributed by atoms with Gasteiger partial charge in [0, 0.05) is 17.0 Å². The quantitative estimate of drug-likeness (QED) is 0.505. The minimum absolute atomic E-state index is 0.775. The Morgan fingerprint density at radius 3 is 2.50 bits per heavy atom. The lowest BCUT2D eigenvalue weighted by Gasteiger charge is -1.98. The molecule has 10 heavy (non-hydrogen) atoms. The lowest BCUT2D eigenvalue weighted by molar-refractivity contribution is 1.30. The van der Waals surface area contributed by atoms with Crippen molar-refractivity contribution in [3.05, 3.63) is 46.8 Å². The predicted molar refractivity (Wildman–Crippen MR) is 40.7 cm³/mol. The Balaban J connectivity index is 2.59. The fourth-order valence-corrected chi connectivity index (χ4v) is 1.25. The van der Waals surface area contributed by atoms with Gasteiger partial charge in [0.1, 0.15) is 0 Å². The van der Waals surface area contributed by atoms with Crippen LogP contribution < -0.4 is 11.5 Å².